The van der Waals surface area contributed by atoms with E-state index in [2.05, 4.69) is 89.5 Å². The Morgan fingerprint density at radius 3 is 1.75 bits per heavy atom. The first-order valence-corrected chi connectivity index (χ1v) is 13.4. The smallest absolute Gasteiger partial charge is 0.147 e. The number of furan rings is 2. The second kappa shape index (κ2) is 7.13. The van der Waals surface area contributed by atoms with Crippen molar-refractivity contribution in [2.75, 3.05) is 0 Å². The molecule has 4 heterocycles. The van der Waals surface area contributed by atoms with Crippen molar-refractivity contribution in [1.29, 1.82) is 0 Å². The fourth-order valence-corrected chi connectivity index (χ4v) is 6.74. The van der Waals surface area contributed by atoms with E-state index < -0.39 is 0 Å². The molecule has 10 aromatic rings. The summed E-state index contributed by atoms with van der Waals surface area (Å²) in [5.74, 6) is 0. The molecule has 0 radical (unpaired) electrons. The zero-order valence-electron chi connectivity index (χ0n) is 21.1. The number of hydrogen-bond donors (Lipinski definition) is 0. The number of rotatable bonds is 2. The van der Waals surface area contributed by atoms with E-state index >= 15 is 0 Å². The Balaban J connectivity index is 1.32. The molecule has 4 aromatic heterocycles. The number of fused-ring (bicyclic) bond motifs is 3. The quantitative estimate of drug-likeness (QED) is 0.231. The highest BCUT2D eigenvalue weighted by atomic mass is 16.4. The van der Waals surface area contributed by atoms with Gasteiger partial charge in [0, 0.05) is 32.8 Å². The number of hydrogen-bond acceptors (Lipinski definition) is 3. The van der Waals surface area contributed by atoms with E-state index in [1.807, 2.05) is 30.3 Å². The summed E-state index contributed by atoms with van der Waals surface area (Å²) in [5, 5.41) is 6.57. The first-order chi connectivity index (χ1) is 19.8. The predicted molar refractivity (Wildman–Crippen MR) is 162 cm³/mol. The van der Waals surface area contributed by atoms with Crippen LogP contribution in [0.5, 0.6) is 0 Å². The zero-order chi connectivity index (χ0) is 25.9. The van der Waals surface area contributed by atoms with E-state index in [0.717, 1.165) is 71.9 Å². The summed E-state index contributed by atoms with van der Waals surface area (Å²) in [7, 11) is 0. The average Bonchev–Trinajstić information content (AvgIpc) is 3.63. The Labute approximate surface area is 226 Å². The Morgan fingerprint density at radius 1 is 0.425 bits per heavy atom. The van der Waals surface area contributed by atoms with Crippen molar-refractivity contribution in [1.82, 2.24) is 4.57 Å². The third kappa shape index (κ3) is 2.46. The van der Waals surface area contributed by atoms with Crippen LogP contribution >= 0.6 is 0 Å². The van der Waals surface area contributed by atoms with Crippen LogP contribution < -0.4 is 0 Å². The molecule has 4 heteroatoms. The minimum Gasteiger partial charge on any atom is -0.456 e. The molecule has 0 atom stereocenters. The van der Waals surface area contributed by atoms with E-state index in [0.29, 0.717) is 0 Å². The van der Waals surface area contributed by atoms with Crippen LogP contribution in [0.3, 0.4) is 0 Å². The number of benzene rings is 6. The predicted octanol–water partition coefficient (Wildman–Crippen LogP) is 10.4. The topological polar surface area (TPSA) is 44.4 Å². The molecule has 0 saturated carbocycles. The van der Waals surface area contributed by atoms with E-state index in [1.54, 1.807) is 0 Å². The van der Waals surface area contributed by atoms with Gasteiger partial charge >= 0.3 is 0 Å². The summed E-state index contributed by atoms with van der Waals surface area (Å²) in [6, 6.07) is 40.1. The summed E-state index contributed by atoms with van der Waals surface area (Å²) >= 11 is 0. The highest BCUT2D eigenvalue weighted by Gasteiger charge is 2.23. The summed E-state index contributed by atoms with van der Waals surface area (Å²) in [4.78, 5) is 0. The molecule has 10 rings (SSSR count). The van der Waals surface area contributed by atoms with Crippen LogP contribution in [0.2, 0.25) is 0 Å². The standard InChI is InChI=1S/C36H19NO3/c1-3-11-25-23(9-1)24-10-2-4-12-26(24)37(25)21-8-5-7-20(19-21)22-15-16-31-35-34-30(39-31)18-17-29-33(34)32-27(38-29)13-6-14-28(32)40-36(22)35/h1-19H. The first kappa shape index (κ1) is 20.5. The monoisotopic (exact) mass is 513 g/mol. The van der Waals surface area contributed by atoms with Gasteiger partial charge in [0.15, 0.2) is 0 Å². The highest BCUT2D eigenvalue weighted by Crippen LogP contribution is 2.46. The van der Waals surface area contributed by atoms with Crippen LogP contribution in [-0.4, -0.2) is 4.57 Å². The van der Waals surface area contributed by atoms with Gasteiger partial charge in [0.25, 0.3) is 0 Å². The van der Waals surface area contributed by atoms with Gasteiger partial charge in [-0.25, -0.2) is 0 Å². The maximum absolute atomic E-state index is 6.80. The molecule has 0 amide bonds. The van der Waals surface area contributed by atoms with Crippen molar-refractivity contribution >= 4 is 76.8 Å². The molecule has 40 heavy (non-hydrogen) atoms. The molecule has 6 aromatic carbocycles. The second-order valence-corrected chi connectivity index (χ2v) is 10.5. The first-order valence-electron chi connectivity index (χ1n) is 13.4. The fourth-order valence-electron chi connectivity index (χ4n) is 6.74. The Bertz CT molecular complexity index is 2550. The summed E-state index contributed by atoms with van der Waals surface area (Å²) < 4.78 is 21.7. The zero-order valence-corrected chi connectivity index (χ0v) is 21.1. The number of nitrogens with zero attached hydrogens (tertiary/aromatic N) is 1. The molecule has 0 aliphatic heterocycles. The van der Waals surface area contributed by atoms with Gasteiger partial charge in [0.2, 0.25) is 0 Å². The Morgan fingerprint density at radius 2 is 1.00 bits per heavy atom. The Kier molecular flexibility index (Phi) is 3.65. The van der Waals surface area contributed by atoms with Crippen LogP contribution in [0, 0.1) is 0 Å². The van der Waals surface area contributed by atoms with Gasteiger partial charge in [-0.05, 0) is 66.2 Å². The molecule has 0 N–H and O–H groups in total. The summed E-state index contributed by atoms with van der Waals surface area (Å²) in [5.41, 5.74) is 10.5. The third-order valence-corrected chi connectivity index (χ3v) is 8.38. The average molecular weight is 514 g/mol. The van der Waals surface area contributed by atoms with Crippen molar-refractivity contribution in [2.24, 2.45) is 0 Å². The van der Waals surface area contributed by atoms with E-state index in [1.165, 1.54) is 21.8 Å². The van der Waals surface area contributed by atoms with Crippen LogP contribution in [0.25, 0.3) is 93.7 Å². The largest absolute Gasteiger partial charge is 0.456 e. The van der Waals surface area contributed by atoms with Gasteiger partial charge in [-0.3, -0.25) is 0 Å². The van der Waals surface area contributed by atoms with Gasteiger partial charge in [-0.15, -0.1) is 0 Å². The molecule has 0 bridgehead atoms. The molecule has 0 spiro atoms. The SMILES string of the molecule is c1cc(-c2ccc3oc4ccc5oc6cccc7oc2c3c4c5c67)cc(-n2c3ccccc3c3ccccc32)c1. The number of aromatic nitrogens is 1. The maximum atomic E-state index is 6.80. The third-order valence-electron chi connectivity index (χ3n) is 8.38. The lowest BCUT2D eigenvalue weighted by Gasteiger charge is -2.11. The molecule has 0 aliphatic carbocycles. The van der Waals surface area contributed by atoms with Gasteiger partial charge in [0.05, 0.1) is 21.8 Å². The van der Waals surface area contributed by atoms with Crippen molar-refractivity contribution in [3.05, 3.63) is 115 Å². The molecular formula is C36H19NO3. The van der Waals surface area contributed by atoms with E-state index in [-0.39, 0.29) is 0 Å². The molecule has 186 valence electrons. The maximum Gasteiger partial charge on any atom is 0.147 e. The van der Waals surface area contributed by atoms with Crippen molar-refractivity contribution < 1.29 is 13.3 Å². The summed E-state index contributed by atoms with van der Waals surface area (Å²) in [6.45, 7) is 0. The van der Waals surface area contributed by atoms with Crippen LogP contribution in [0.15, 0.2) is 129 Å². The lowest BCUT2D eigenvalue weighted by atomic mass is 10.00. The van der Waals surface area contributed by atoms with E-state index in [9.17, 15) is 0 Å². The van der Waals surface area contributed by atoms with Crippen LogP contribution in [0.4, 0.5) is 0 Å². The molecule has 0 aliphatic rings. The van der Waals surface area contributed by atoms with E-state index in [4.69, 9.17) is 13.3 Å². The lowest BCUT2D eigenvalue weighted by molar-refractivity contribution is 0.656. The minimum absolute atomic E-state index is 0.798. The molecule has 0 saturated heterocycles. The van der Waals surface area contributed by atoms with Gasteiger partial charge in [-0.1, -0.05) is 54.6 Å². The van der Waals surface area contributed by atoms with Crippen LogP contribution in [-0.2, 0) is 0 Å². The minimum atomic E-state index is 0.798. The lowest BCUT2D eigenvalue weighted by Crippen LogP contribution is -1.94. The van der Waals surface area contributed by atoms with Gasteiger partial charge in [0.1, 0.15) is 33.5 Å². The normalized spacial score (nSPS) is 12.5. The highest BCUT2D eigenvalue weighted by molar-refractivity contribution is 6.32. The molecular weight excluding hydrogens is 494 g/mol. The van der Waals surface area contributed by atoms with Crippen molar-refractivity contribution in [3.63, 3.8) is 0 Å². The van der Waals surface area contributed by atoms with Crippen molar-refractivity contribution in [3.8, 4) is 16.8 Å². The molecule has 0 fully saturated rings. The van der Waals surface area contributed by atoms with Gasteiger partial charge in [-0.2, -0.15) is 0 Å². The number of para-hydroxylation sites is 2. The molecule has 4 nitrogen and oxygen atoms in total. The Hall–Kier alpha value is -5.48. The molecule has 0 unspecified atom stereocenters. The fraction of sp³-hybridized carbons (Fsp3) is 0. The van der Waals surface area contributed by atoms with Crippen molar-refractivity contribution in [2.45, 2.75) is 0 Å². The summed E-state index contributed by atoms with van der Waals surface area (Å²) in [6.07, 6.45) is 0. The van der Waals surface area contributed by atoms with Gasteiger partial charge < -0.3 is 17.8 Å². The second-order valence-electron chi connectivity index (χ2n) is 10.5. The van der Waals surface area contributed by atoms with Crippen LogP contribution in [0.1, 0.15) is 0 Å².